The van der Waals surface area contributed by atoms with Crippen molar-refractivity contribution in [1.82, 2.24) is 14.8 Å². The number of hydrazone groups is 1. The molecule has 0 spiro atoms. The standard InChI is InChI=1S/C27H34N6O3/c34-27(35)21-31-12-10-30(11-13-31)20-25-18-26(29-36-25)23-8-6-22(7-9-23)19-28-33-16-14-32(15-17-33)24-4-2-1-3-5-24/h1-9,19,25H,10-18,20-21H2,(H,34,35)/b28-19+. The Bertz CT molecular complexity index is 1060. The molecular weight excluding hydrogens is 456 g/mol. The van der Waals surface area contributed by atoms with E-state index in [0.29, 0.717) is 0 Å². The first-order valence-corrected chi connectivity index (χ1v) is 12.7. The summed E-state index contributed by atoms with van der Waals surface area (Å²) in [6.45, 7) is 7.97. The number of hydrogen-bond donors (Lipinski definition) is 1. The Kier molecular flexibility index (Phi) is 7.78. The number of carbonyl (C=O) groups is 1. The van der Waals surface area contributed by atoms with E-state index in [1.54, 1.807) is 0 Å². The molecule has 0 amide bonds. The Morgan fingerprint density at radius 1 is 0.944 bits per heavy atom. The summed E-state index contributed by atoms with van der Waals surface area (Å²) in [5, 5.41) is 20.1. The molecule has 0 aromatic heterocycles. The van der Waals surface area contributed by atoms with Gasteiger partial charge in [0.25, 0.3) is 0 Å². The van der Waals surface area contributed by atoms with E-state index < -0.39 is 5.97 Å². The molecule has 1 atom stereocenters. The molecule has 0 saturated carbocycles. The maximum Gasteiger partial charge on any atom is 0.317 e. The lowest BCUT2D eigenvalue weighted by Gasteiger charge is -2.34. The number of carboxylic acids is 1. The highest BCUT2D eigenvalue weighted by Gasteiger charge is 2.27. The second kappa shape index (κ2) is 11.5. The van der Waals surface area contributed by atoms with Crippen LogP contribution < -0.4 is 4.90 Å². The number of anilines is 1. The number of piperazine rings is 2. The number of rotatable bonds is 8. The average molecular weight is 491 g/mol. The summed E-state index contributed by atoms with van der Waals surface area (Å²) < 4.78 is 0. The van der Waals surface area contributed by atoms with Crippen LogP contribution in [-0.2, 0) is 9.63 Å². The number of nitrogens with zero attached hydrogens (tertiary/aromatic N) is 6. The molecule has 190 valence electrons. The molecule has 1 unspecified atom stereocenters. The van der Waals surface area contributed by atoms with E-state index >= 15 is 0 Å². The van der Waals surface area contributed by atoms with E-state index in [9.17, 15) is 4.79 Å². The Labute approximate surface area is 212 Å². The third kappa shape index (κ3) is 6.41. The summed E-state index contributed by atoms with van der Waals surface area (Å²) >= 11 is 0. The molecule has 2 aromatic rings. The molecule has 9 nitrogen and oxygen atoms in total. The van der Waals surface area contributed by atoms with Crippen LogP contribution in [0.15, 0.2) is 64.9 Å². The van der Waals surface area contributed by atoms with Crippen LogP contribution in [-0.4, -0.2) is 109 Å². The zero-order valence-corrected chi connectivity index (χ0v) is 20.6. The van der Waals surface area contributed by atoms with Crippen molar-refractivity contribution in [2.24, 2.45) is 10.3 Å². The summed E-state index contributed by atoms with van der Waals surface area (Å²) in [4.78, 5) is 23.3. The SMILES string of the molecule is O=C(O)CN1CCN(CC2CC(c3ccc(/C=N/N4CCN(c5ccccc5)CC4)cc3)=NO2)CC1. The highest BCUT2D eigenvalue weighted by molar-refractivity contribution is 6.01. The Morgan fingerprint density at radius 3 is 2.33 bits per heavy atom. The molecule has 36 heavy (non-hydrogen) atoms. The van der Waals surface area contributed by atoms with Crippen LogP contribution in [0.5, 0.6) is 0 Å². The highest BCUT2D eigenvalue weighted by Crippen LogP contribution is 2.19. The van der Waals surface area contributed by atoms with Gasteiger partial charge in [-0.3, -0.25) is 19.6 Å². The minimum absolute atomic E-state index is 0.0433. The van der Waals surface area contributed by atoms with E-state index in [0.717, 1.165) is 82.2 Å². The maximum absolute atomic E-state index is 10.9. The van der Waals surface area contributed by atoms with Gasteiger partial charge in [0.1, 0.15) is 6.10 Å². The van der Waals surface area contributed by atoms with Crippen molar-refractivity contribution in [2.75, 3.05) is 70.3 Å². The minimum atomic E-state index is -0.764. The third-order valence-corrected chi connectivity index (χ3v) is 7.01. The topological polar surface area (TPSA) is 84.2 Å². The van der Waals surface area contributed by atoms with Gasteiger partial charge in [0.05, 0.1) is 31.6 Å². The number of hydrogen-bond acceptors (Lipinski definition) is 8. The molecular formula is C27H34N6O3. The van der Waals surface area contributed by atoms with E-state index in [4.69, 9.17) is 15.0 Å². The predicted molar refractivity (Wildman–Crippen MR) is 141 cm³/mol. The van der Waals surface area contributed by atoms with Crippen LogP contribution in [0.3, 0.4) is 0 Å². The summed E-state index contributed by atoms with van der Waals surface area (Å²) in [6, 6.07) is 18.9. The van der Waals surface area contributed by atoms with Gasteiger partial charge in [-0.15, -0.1) is 0 Å². The van der Waals surface area contributed by atoms with Gasteiger partial charge in [-0.25, -0.2) is 0 Å². The van der Waals surface area contributed by atoms with Crippen molar-refractivity contribution in [3.05, 3.63) is 65.7 Å². The molecule has 2 fully saturated rings. The molecule has 5 rings (SSSR count). The Hall–Kier alpha value is -3.43. The lowest BCUT2D eigenvalue weighted by Crippen LogP contribution is -2.49. The minimum Gasteiger partial charge on any atom is -0.480 e. The average Bonchev–Trinajstić information content (AvgIpc) is 3.38. The summed E-state index contributed by atoms with van der Waals surface area (Å²) in [5.41, 5.74) is 4.40. The van der Waals surface area contributed by atoms with Gasteiger partial charge in [0.15, 0.2) is 0 Å². The zero-order chi connectivity index (χ0) is 24.7. The van der Waals surface area contributed by atoms with E-state index in [2.05, 4.69) is 74.6 Å². The first-order chi connectivity index (χ1) is 17.6. The summed E-state index contributed by atoms with van der Waals surface area (Å²) in [5.74, 6) is -0.764. The molecule has 9 heteroatoms. The van der Waals surface area contributed by atoms with Crippen LogP contribution in [0.4, 0.5) is 5.69 Å². The lowest BCUT2D eigenvalue weighted by molar-refractivity contribution is -0.138. The normalized spacial score (nSPS) is 21.6. The fraction of sp³-hybridized carbons (Fsp3) is 0.444. The first-order valence-electron chi connectivity index (χ1n) is 12.7. The van der Waals surface area contributed by atoms with Crippen LogP contribution in [0.1, 0.15) is 17.5 Å². The van der Waals surface area contributed by atoms with Crippen LogP contribution in [0.25, 0.3) is 0 Å². The largest absolute Gasteiger partial charge is 0.480 e. The van der Waals surface area contributed by atoms with E-state index in [-0.39, 0.29) is 12.6 Å². The van der Waals surface area contributed by atoms with Crippen molar-refractivity contribution in [3.8, 4) is 0 Å². The second-order valence-corrected chi connectivity index (χ2v) is 9.58. The molecule has 3 aliphatic rings. The van der Waals surface area contributed by atoms with Crippen molar-refractivity contribution < 1.29 is 14.7 Å². The molecule has 0 bridgehead atoms. The van der Waals surface area contributed by atoms with Crippen molar-refractivity contribution >= 4 is 23.6 Å². The monoisotopic (exact) mass is 490 g/mol. The van der Waals surface area contributed by atoms with Gasteiger partial charge >= 0.3 is 5.97 Å². The van der Waals surface area contributed by atoms with Crippen molar-refractivity contribution in [3.63, 3.8) is 0 Å². The quantitative estimate of drug-likeness (QED) is 0.567. The van der Waals surface area contributed by atoms with Crippen molar-refractivity contribution in [1.29, 1.82) is 0 Å². The molecule has 2 aromatic carbocycles. The smallest absolute Gasteiger partial charge is 0.317 e. The molecule has 1 N–H and O–H groups in total. The number of carboxylic acid groups (broad SMARTS) is 1. The van der Waals surface area contributed by atoms with Gasteiger partial charge in [-0.2, -0.15) is 5.10 Å². The first kappa shape index (κ1) is 24.3. The molecule has 3 heterocycles. The van der Waals surface area contributed by atoms with Crippen LogP contribution >= 0.6 is 0 Å². The molecule has 2 saturated heterocycles. The molecule has 0 radical (unpaired) electrons. The number of oxime groups is 1. The van der Waals surface area contributed by atoms with Gasteiger partial charge in [-0.1, -0.05) is 47.6 Å². The fourth-order valence-electron chi connectivity index (χ4n) is 4.92. The van der Waals surface area contributed by atoms with E-state index in [1.807, 2.05) is 11.1 Å². The van der Waals surface area contributed by atoms with Gasteiger partial charge in [-0.05, 0) is 23.3 Å². The predicted octanol–water partition coefficient (Wildman–Crippen LogP) is 2.04. The number of aliphatic carboxylic acids is 1. The summed E-state index contributed by atoms with van der Waals surface area (Å²) in [7, 11) is 0. The second-order valence-electron chi connectivity index (χ2n) is 9.58. The van der Waals surface area contributed by atoms with Gasteiger partial charge in [0.2, 0.25) is 0 Å². The molecule has 3 aliphatic heterocycles. The molecule has 0 aliphatic carbocycles. The van der Waals surface area contributed by atoms with Gasteiger partial charge < -0.3 is 14.8 Å². The Balaban J connectivity index is 1.05. The highest BCUT2D eigenvalue weighted by atomic mass is 16.6. The number of benzene rings is 2. The third-order valence-electron chi connectivity index (χ3n) is 7.01. The lowest BCUT2D eigenvalue weighted by atomic mass is 10.0. The van der Waals surface area contributed by atoms with Crippen molar-refractivity contribution in [2.45, 2.75) is 12.5 Å². The van der Waals surface area contributed by atoms with Gasteiger partial charge in [0, 0.05) is 57.9 Å². The van der Waals surface area contributed by atoms with Crippen LogP contribution in [0, 0.1) is 0 Å². The fourth-order valence-corrected chi connectivity index (χ4v) is 4.92. The number of para-hydroxylation sites is 1. The van der Waals surface area contributed by atoms with Crippen LogP contribution in [0.2, 0.25) is 0 Å². The summed E-state index contributed by atoms with van der Waals surface area (Å²) in [6.07, 6.45) is 2.76. The zero-order valence-electron chi connectivity index (χ0n) is 20.6. The van der Waals surface area contributed by atoms with E-state index in [1.165, 1.54) is 5.69 Å². The Morgan fingerprint density at radius 2 is 1.64 bits per heavy atom. The maximum atomic E-state index is 10.9.